The molecule has 0 bridgehead atoms. The molecule has 0 spiro atoms. The molecule has 5 nitrogen and oxygen atoms in total. The molecule has 1 aromatic heterocycles. The van der Waals surface area contributed by atoms with Gasteiger partial charge in [0, 0.05) is 13.0 Å². The van der Waals surface area contributed by atoms with Gasteiger partial charge < -0.3 is 10.1 Å². The first-order chi connectivity index (χ1) is 9.35. The number of carbonyl (C=O) groups is 2. The number of Topliss-reactive ketones (excluding diaryl/α,β-unsaturated/α-hetero) is 1. The van der Waals surface area contributed by atoms with Gasteiger partial charge >= 0.3 is 5.97 Å². The summed E-state index contributed by atoms with van der Waals surface area (Å²) in [6.45, 7) is 5.87. The zero-order valence-electron chi connectivity index (χ0n) is 12.3. The molecule has 0 saturated heterocycles. The molecule has 6 heteroatoms. The van der Waals surface area contributed by atoms with Crippen molar-refractivity contribution in [3.63, 3.8) is 0 Å². The number of aromatic nitrogens is 1. The van der Waals surface area contributed by atoms with Crippen LogP contribution in [-0.2, 0) is 4.74 Å². The van der Waals surface area contributed by atoms with Crippen LogP contribution >= 0.6 is 11.3 Å². The Labute approximate surface area is 122 Å². The molecule has 1 aliphatic carbocycles. The first kappa shape index (κ1) is 15.0. The van der Waals surface area contributed by atoms with Gasteiger partial charge in [0.15, 0.2) is 16.6 Å². The van der Waals surface area contributed by atoms with Crippen molar-refractivity contribution in [3.05, 3.63) is 10.6 Å². The van der Waals surface area contributed by atoms with Crippen molar-refractivity contribution in [2.75, 3.05) is 12.4 Å². The molecule has 1 unspecified atom stereocenters. The standard InChI is InChI=1S/C14H20N2O3S/c1-8(17)11-10(12(18)19-4)16-13(20-11)15-9-6-5-7-14(9,2)3/h9H,5-7H2,1-4H3,(H,15,16). The van der Waals surface area contributed by atoms with E-state index in [0.717, 1.165) is 6.42 Å². The van der Waals surface area contributed by atoms with Gasteiger partial charge in [0.25, 0.3) is 0 Å². The van der Waals surface area contributed by atoms with Crippen LogP contribution in [0.3, 0.4) is 0 Å². The van der Waals surface area contributed by atoms with E-state index in [1.807, 2.05) is 0 Å². The number of methoxy groups -OCH3 is 1. The lowest BCUT2D eigenvalue weighted by Gasteiger charge is -2.27. The summed E-state index contributed by atoms with van der Waals surface area (Å²) in [6, 6.07) is 0.318. The maximum atomic E-state index is 11.7. The molecule has 1 heterocycles. The maximum absolute atomic E-state index is 11.7. The number of rotatable bonds is 4. The van der Waals surface area contributed by atoms with Gasteiger partial charge in [-0.3, -0.25) is 4.79 Å². The number of esters is 1. The highest BCUT2D eigenvalue weighted by atomic mass is 32.1. The Hall–Kier alpha value is -1.43. The summed E-state index contributed by atoms with van der Waals surface area (Å²) in [5.41, 5.74) is 0.316. The van der Waals surface area contributed by atoms with Crippen LogP contribution in [0.2, 0.25) is 0 Å². The number of ketones is 1. The fourth-order valence-corrected chi connectivity index (χ4v) is 3.50. The monoisotopic (exact) mass is 296 g/mol. The minimum Gasteiger partial charge on any atom is -0.464 e. The van der Waals surface area contributed by atoms with E-state index in [1.54, 1.807) is 0 Å². The average molecular weight is 296 g/mol. The first-order valence-electron chi connectivity index (χ1n) is 6.72. The molecule has 1 aliphatic rings. The lowest BCUT2D eigenvalue weighted by molar-refractivity contribution is 0.0591. The van der Waals surface area contributed by atoms with Gasteiger partial charge in [0.2, 0.25) is 0 Å². The zero-order chi connectivity index (χ0) is 14.9. The van der Waals surface area contributed by atoms with E-state index in [9.17, 15) is 9.59 Å². The summed E-state index contributed by atoms with van der Waals surface area (Å²) < 4.78 is 4.68. The SMILES string of the molecule is COC(=O)c1nc(NC2CCCC2(C)C)sc1C(C)=O. The van der Waals surface area contributed by atoms with Crippen LogP contribution in [0.25, 0.3) is 0 Å². The Balaban J connectivity index is 2.25. The molecule has 1 N–H and O–H groups in total. The number of carbonyl (C=O) groups excluding carboxylic acids is 2. The third-order valence-electron chi connectivity index (χ3n) is 3.88. The van der Waals surface area contributed by atoms with E-state index in [2.05, 4.69) is 28.9 Å². The molecule has 0 radical (unpaired) electrons. The summed E-state index contributed by atoms with van der Waals surface area (Å²) in [6.07, 6.45) is 3.43. The van der Waals surface area contributed by atoms with Crippen LogP contribution in [0.4, 0.5) is 5.13 Å². The molecule has 1 fully saturated rings. The summed E-state index contributed by atoms with van der Waals surface area (Å²) in [5.74, 6) is -0.730. The van der Waals surface area contributed by atoms with E-state index in [0.29, 0.717) is 16.1 Å². The Morgan fingerprint density at radius 1 is 1.45 bits per heavy atom. The first-order valence-corrected chi connectivity index (χ1v) is 7.53. The van der Waals surface area contributed by atoms with Crippen molar-refractivity contribution in [1.82, 2.24) is 4.98 Å². The van der Waals surface area contributed by atoms with E-state index in [-0.39, 0.29) is 16.9 Å². The van der Waals surface area contributed by atoms with Crippen molar-refractivity contribution in [2.24, 2.45) is 5.41 Å². The quantitative estimate of drug-likeness (QED) is 0.683. The maximum Gasteiger partial charge on any atom is 0.358 e. The summed E-state index contributed by atoms with van der Waals surface area (Å²) in [7, 11) is 1.29. The van der Waals surface area contributed by atoms with E-state index in [4.69, 9.17) is 0 Å². The number of hydrogen-bond donors (Lipinski definition) is 1. The van der Waals surface area contributed by atoms with Crippen LogP contribution in [0.5, 0.6) is 0 Å². The number of thiazole rings is 1. The summed E-state index contributed by atoms with van der Waals surface area (Å²) >= 11 is 1.23. The molecule has 0 amide bonds. The number of nitrogens with one attached hydrogen (secondary N) is 1. The van der Waals surface area contributed by atoms with Crippen molar-refractivity contribution in [3.8, 4) is 0 Å². The Bertz CT molecular complexity index is 537. The van der Waals surface area contributed by atoms with Gasteiger partial charge in [-0.15, -0.1) is 0 Å². The molecular formula is C14H20N2O3S. The number of ether oxygens (including phenoxy) is 1. The number of hydrogen-bond acceptors (Lipinski definition) is 6. The van der Waals surface area contributed by atoms with Crippen LogP contribution in [0, 0.1) is 5.41 Å². The largest absolute Gasteiger partial charge is 0.464 e. The Kier molecular flexibility index (Phi) is 4.13. The molecule has 0 aromatic carbocycles. The number of anilines is 1. The van der Waals surface area contributed by atoms with Crippen molar-refractivity contribution >= 4 is 28.2 Å². The third kappa shape index (κ3) is 2.85. The second-order valence-corrected chi connectivity index (χ2v) is 6.82. The predicted octanol–water partition coefficient (Wildman–Crippen LogP) is 3.12. The van der Waals surface area contributed by atoms with Crippen LogP contribution in [0.15, 0.2) is 0 Å². The lowest BCUT2D eigenvalue weighted by Crippen LogP contribution is -2.30. The Morgan fingerprint density at radius 2 is 2.15 bits per heavy atom. The van der Waals surface area contributed by atoms with Crippen molar-refractivity contribution in [2.45, 2.75) is 46.1 Å². The molecule has 1 aromatic rings. The highest BCUT2D eigenvalue weighted by Crippen LogP contribution is 2.39. The van der Waals surface area contributed by atoms with Gasteiger partial charge in [0.05, 0.1) is 7.11 Å². The average Bonchev–Trinajstić information content (AvgIpc) is 2.93. The molecule has 1 atom stereocenters. The van der Waals surface area contributed by atoms with Crippen molar-refractivity contribution < 1.29 is 14.3 Å². The highest BCUT2D eigenvalue weighted by molar-refractivity contribution is 7.17. The smallest absolute Gasteiger partial charge is 0.358 e. The molecule has 20 heavy (non-hydrogen) atoms. The normalized spacial score (nSPS) is 20.7. The molecule has 0 aliphatic heterocycles. The second-order valence-electron chi connectivity index (χ2n) is 5.82. The van der Waals surface area contributed by atoms with Gasteiger partial charge in [-0.25, -0.2) is 9.78 Å². The van der Waals surface area contributed by atoms with Crippen LogP contribution in [-0.4, -0.2) is 29.9 Å². The van der Waals surface area contributed by atoms with Gasteiger partial charge in [-0.05, 0) is 18.3 Å². The van der Waals surface area contributed by atoms with Gasteiger partial charge in [0.1, 0.15) is 4.88 Å². The van der Waals surface area contributed by atoms with Crippen molar-refractivity contribution in [1.29, 1.82) is 0 Å². The van der Waals surface area contributed by atoms with Gasteiger partial charge in [-0.1, -0.05) is 31.6 Å². The molecule has 110 valence electrons. The summed E-state index contributed by atoms with van der Waals surface area (Å²) in [4.78, 5) is 27.9. The topological polar surface area (TPSA) is 68.3 Å². The predicted molar refractivity (Wildman–Crippen MR) is 78.5 cm³/mol. The van der Waals surface area contributed by atoms with Gasteiger partial charge in [-0.2, -0.15) is 0 Å². The lowest BCUT2D eigenvalue weighted by atomic mass is 9.87. The molecule has 1 saturated carbocycles. The molecule has 2 rings (SSSR count). The fourth-order valence-electron chi connectivity index (χ4n) is 2.60. The second kappa shape index (κ2) is 5.52. The Morgan fingerprint density at radius 3 is 2.65 bits per heavy atom. The van der Waals surface area contributed by atoms with E-state index in [1.165, 1.54) is 38.2 Å². The minimum atomic E-state index is -0.565. The summed E-state index contributed by atoms with van der Waals surface area (Å²) in [5, 5.41) is 3.99. The zero-order valence-corrected chi connectivity index (χ0v) is 13.1. The third-order valence-corrected chi connectivity index (χ3v) is 4.97. The minimum absolute atomic E-state index is 0.114. The van der Waals surface area contributed by atoms with E-state index >= 15 is 0 Å². The molecular weight excluding hydrogens is 276 g/mol. The highest BCUT2D eigenvalue weighted by Gasteiger charge is 2.35. The number of nitrogens with zero attached hydrogens (tertiary/aromatic N) is 1. The fraction of sp³-hybridized carbons (Fsp3) is 0.643. The van der Waals surface area contributed by atoms with Crippen LogP contribution < -0.4 is 5.32 Å². The van der Waals surface area contributed by atoms with E-state index < -0.39 is 5.97 Å². The van der Waals surface area contributed by atoms with Crippen LogP contribution in [0.1, 0.15) is 60.2 Å².